The van der Waals surface area contributed by atoms with Gasteiger partial charge in [0.1, 0.15) is 5.67 Å². The summed E-state index contributed by atoms with van der Waals surface area (Å²) < 4.78 is 18.6. The topological polar surface area (TPSA) is 55.6 Å². The van der Waals surface area contributed by atoms with Crippen LogP contribution in [0.2, 0.25) is 0 Å². The molecule has 0 aromatic rings. The van der Waals surface area contributed by atoms with Crippen molar-refractivity contribution in [1.82, 2.24) is 4.90 Å². The lowest BCUT2D eigenvalue weighted by molar-refractivity contribution is -0.120. The van der Waals surface area contributed by atoms with Crippen molar-refractivity contribution in [2.75, 3.05) is 33.4 Å². The van der Waals surface area contributed by atoms with Crippen LogP contribution in [0.25, 0.3) is 0 Å². The fourth-order valence-electron chi connectivity index (χ4n) is 1.74. The van der Waals surface area contributed by atoms with Crippen molar-refractivity contribution in [3.05, 3.63) is 0 Å². The average molecular weight is 204 g/mol. The van der Waals surface area contributed by atoms with Crippen molar-refractivity contribution in [2.24, 2.45) is 5.73 Å². The van der Waals surface area contributed by atoms with Gasteiger partial charge in [0.05, 0.1) is 13.2 Å². The Hall–Kier alpha value is -0.680. The van der Waals surface area contributed by atoms with Crippen LogP contribution in [0.1, 0.15) is 12.8 Å². The highest BCUT2D eigenvalue weighted by atomic mass is 19.1. The highest BCUT2D eigenvalue weighted by Crippen LogP contribution is 2.26. The minimum Gasteiger partial charge on any atom is -0.381 e. The van der Waals surface area contributed by atoms with Gasteiger partial charge in [-0.15, -0.1) is 0 Å². The number of carbonyl (C=O) groups excluding carboxylic acids is 1. The van der Waals surface area contributed by atoms with E-state index in [0.29, 0.717) is 25.9 Å². The molecule has 0 saturated carbocycles. The maximum Gasteiger partial charge on any atom is 0.231 e. The average Bonchev–Trinajstić information content (AvgIpc) is 2.09. The molecule has 14 heavy (non-hydrogen) atoms. The first-order chi connectivity index (χ1) is 6.56. The zero-order valence-corrected chi connectivity index (χ0v) is 8.46. The van der Waals surface area contributed by atoms with Gasteiger partial charge in [-0.3, -0.25) is 9.69 Å². The van der Waals surface area contributed by atoms with E-state index in [2.05, 4.69) is 0 Å². The minimum atomic E-state index is -1.22. The number of alkyl halides is 1. The zero-order chi connectivity index (χ0) is 10.6. The standard InChI is InChI=1S/C9H17FN2O2/c1-14-7-9(10)2-4-12(5-3-9)6-8(11)13/h2-7H2,1H3,(H2,11,13). The van der Waals surface area contributed by atoms with E-state index in [0.717, 1.165) is 0 Å². The van der Waals surface area contributed by atoms with E-state index in [-0.39, 0.29) is 19.1 Å². The maximum atomic E-state index is 13.8. The third-order valence-corrected chi connectivity index (χ3v) is 2.53. The summed E-state index contributed by atoms with van der Waals surface area (Å²) in [6.07, 6.45) is 0.822. The molecule has 2 N–H and O–H groups in total. The number of ether oxygens (including phenoxy) is 1. The first-order valence-corrected chi connectivity index (χ1v) is 4.74. The zero-order valence-electron chi connectivity index (χ0n) is 8.46. The molecule has 0 aromatic carbocycles. The smallest absolute Gasteiger partial charge is 0.231 e. The Labute approximate surface area is 83.2 Å². The first-order valence-electron chi connectivity index (χ1n) is 4.74. The third kappa shape index (κ3) is 3.23. The van der Waals surface area contributed by atoms with Gasteiger partial charge >= 0.3 is 0 Å². The van der Waals surface area contributed by atoms with E-state index in [9.17, 15) is 9.18 Å². The summed E-state index contributed by atoms with van der Waals surface area (Å²) in [4.78, 5) is 12.5. The van der Waals surface area contributed by atoms with Gasteiger partial charge in [0.25, 0.3) is 0 Å². The van der Waals surface area contributed by atoms with E-state index in [1.807, 2.05) is 4.90 Å². The van der Waals surface area contributed by atoms with Gasteiger partial charge in [-0.05, 0) is 12.8 Å². The Balaban J connectivity index is 2.33. The molecule has 0 unspecified atom stereocenters. The summed E-state index contributed by atoms with van der Waals surface area (Å²) in [7, 11) is 1.50. The third-order valence-electron chi connectivity index (χ3n) is 2.53. The molecule has 82 valence electrons. The van der Waals surface area contributed by atoms with Crippen LogP contribution in [0.4, 0.5) is 4.39 Å². The second kappa shape index (κ2) is 4.70. The molecule has 0 bridgehead atoms. The lowest BCUT2D eigenvalue weighted by Gasteiger charge is -2.35. The van der Waals surface area contributed by atoms with Gasteiger partial charge < -0.3 is 10.5 Å². The van der Waals surface area contributed by atoms with Gasteiger partial charge in [0, 0.05) is 20.2 Å². The lowest BCUT2D eigenvalue weighted by atomic mass is 9.94. The molecule has 0 spiro atoms. The Morgan fingerprint density at radius 2 is 2.14 bits per heavy atom. The number of rotatable bonds is 4. The van der Waals surface area contributed by atoms with Gasteiger partial charge in [-0.2, -0.15) is 0 Å². The largest absolute Gasteiger partial charge is 0.381 e. The SMILES string of the molecule is COCC1(F)CCN(CC(N)=O)CC1. The number of piperidine rings is 1. The lowest BCUT2D eigenvalue weighted by Crippen LogP contribution is -2.46. The number of methoxy groups -OCH3 is 1. The molecule has 1 amide bonds. The molecule has 0 aromatic heterocycles. The van der Waals surface area contributed by atoms with Crippen LogP contribution in [-0.2, 0) is 9.53 Å². The molecule has 1 rings (SSSR count). The number of likely N-dealkylation sites (tertiary alicyclic amines) is 1. The summed E-state index contributed by atoms with van der Waals surface area (Å²) >= 11 is 0. The van der Waals surface area contributed by atoms with Crippen LogP contribution < -0.4 is 5.73 Å². The predicted octanol–water partition coefficient (Wildman–Crippen LogP) is -0.0778. The van der Waals surface area contributed by atoms with E-state index in [4.69, 9.17) is 10.5 Å². The molecule has 1 heterocycles. The quantitative estimate of drug-likeness (QED) is 0.697. The monoisotopic (exact) mass is 204 g/mol. The highest BCUT2D eigenvalue weighted by Gasteiger charge is 2.34. The van der Waals surface area contributed by atoms with Crippen LogP contribution in [0.3, 0.4) is 0 Å². The fourth-order valence-corrected chi connectivity index (χ4v) is 1.74. The highest BCUT2D eigenvalue weighted by molar-refractivity contribution is 5.75. The summed E-state index contributed by atoms with van der Waals surface area (Å²) in [6.45, 7) is 1.51. The summed E-state index contributed by atoms with van der Waals surface area (Å²) in [5.41, 5.74) is 3.83. The van der Waals surface area contributed by atoms with Crippen molar-refractivity contribution >= 4 is 5.91 Å². The van der Waals surface area contributed by atoms with Crippen LogP contribution >= 0.6 is 0 Å². The normalized spacial score (nSPS) is 22.1. The number of carbonyl (C=O) groups is 1. The van der Waals surface area contributed by atoms with Crippen LogP contribution in [0.15, 0.2) is 0 Å². The number of nitrogens with zero attached hydrogens (tertiary/aromatic N) is 1. The van der Waals surface area contributed by atoms with Crippen molar-refractivity contribution in [2.45, 2.75) is 18.5 Å². The molecule has 5 heteroatoms. The summed E-state index contributed by atoms with van der Waals surface area (Å²) in [6, 6.07) is 0. The Morgan fingerprint density at radius 1 is 1.57 bits per heavy atom. The van der Waals surface area contributed by atoms with Crippen molar-refractivity contribution < 1.29 is 13.9 Å². The number of hydrogen-bond acceptors (Lipinski definition) is 3. The summed E-state index contributed by atoms with van der Waals surface area (Å²) in [5.74, 6) is -0.358. The van der Waals surface area contributed by atoms with Gasteiger partial charge in [0.15, 0.2) is 0 Å². The molecule has 4 nitrogen and oxygen atoms in total. The van der Waals surface area contributed by atoms with Crippen LogP contribution in [0, 0.1) is 0 Å². The van der Waals surface area contributed by atoms with E-state index < -0.39 is 5.67 Å². The Bertz CT molecular complexity index is 203. The van der Waals surface area contributed by atoms with Crippen molar-refractivity contribution in [3.63, 3.8) is 0 Å². The van der Waals surface area contributed by atoms with Crippen LogP contribution in [0.5, 0.6) is 0 Å². The second-order valence-electron chi connectivity index (χ2n) is 3.83. The molecule has 0 aliphatic carbocycles. The van der Waals surface area contributed by atoms with E-state index in [1.54, 1.807) is 0 Å². The minimum absolute atomic E-state index is 0.136. The number of hydrogen-bond donors (Lipinski definition) is 1. The maximum absolute atomic E-state index is 13.8. The molecule has 1 saturated heterocycles. The molecule has 1 aliphatic heterocycles. The Kier molecular flexibility index (Phi) is 3.83. The number of primary amides is 1. The van der Waals surface area contributed by atoms with E-state index >= 15 is 0 Å². The predicted molar refractivity (Wildman–Crippen MR) is 50.6 cm³/mol. The molecular weight excluding hydrogens is 187 g/mol. The number of amides is 1. The second-order valence-corrected chi connectivity index (χ2v) is 3.83. The number of halogens is 1. The van der Waals surface area contributed by atoms with Crippen LogP contribution in [-0.4, -0.2) is 49.8 Å². The Morgan fingerprint density at radius 3 is 2.57 bits per heavy atom. The molecule has 0 radical (unpaired) electrons. The molecule has 0 atom stereocenters. The molecular formula is C9H17FN2O2. The molecule has 1 aliphatic rings. The fraction of sp³-hybridized carbons (Fsp3) is 0.889. The van der Waals surface area contributed by atoms with Gasteiger partial charge in [0.2, 0.25) is 5.91 Å². The van der Waals surface area contributed by atoms with Crippen molar-refractivity contribution in [1.29, 1.82) is 0 Å². The van der Waals surface area contributed by atoms with E-state index in [1.165, 1.54) is 7.11 Å². The first kappa shape index (κ1) is 11.4. The number of nitrogens with two attached hydrogens (primary N) is 1. The van der Waals surface area contributed by atoms with Gasteiger partial charge in [-0.1, -0.05) is 0 Å². The molecule has 1 fully saturated rings. The van der Waals surface area contributed by atoms with Gasteiger partial charge in [-0.25, -0.2) is 4.39 Å². The van der Waals surface area contributed by atoms with Crippen molar-refractivity contribution in [3.8, 4) is 0 Å². The summed E-state index contributed by atoms with van der Waals surface area (Å²) in [5, 5.41) is 0.